The van der Waals surface area contributed by atoms with Gasteiger partial charge in [0, 0.05) is 20.7 Å². The van der Waals surface area contributed by atoms with Crippen LogP contribution >= 0.6 is 43.5 Å². The van der Waals surface area contributed by atoms with Gasteiger partial charge in [0.05, 0.1) is 10.6 Å². The number of hydrogen-bond donors (Lipinski definition) is 2. The third kappa shape index (κ3) is 3.49. The van der Waals surface area contributed by atoms with Gasteiger partial charge in [0.25, 0.3) is 5.91 Å². The molecule has 2 aromatic carbocycles. The average Bonchev–Trinajstić information content (AvgIpc) is 2.36. The Morgan fingerprint density at radius 2 is 1.79 bits per heavy atom. The van der Waals surface area contributed by atoms with Crippen LogP contribution in [0.5, 0.6) is 5.75 Å². The third-order valence-electron chi connectivity index (χ3n) is 2.39. The maximum Gasteiger partial charge on any atom is 0.259 e. The number of hydrogen-bond acceptors (Lipinski definition) is 2. The molecule has 0 bridgehead atoms. The smallest absolute Gasteiger partial charge is 0.259 e. The number of phenolic OH excluding ortho intramolecular Hbond substituents is 1. The summed E-state index contributed by atoms with van der Waals surface area (Å²) in [6.45, 7) is 0. The molecule has 2 aromatic rings. The van der Waals surface area contributed by atoms with Gasteiger partial charge < -0.3 is 10.4 Å². The second kappa shape index (κ2) is 5.94. The number of carbonyl (C=O) groups is 1. The minimum Gasteiger partial charge on any atom is -0.507 e. The lowest BCUT2D eigenvalue weighted by Crippen LogP contribution is -2.12. The van der Waals surface area contributed by atoms with Crippen molar-refractivity contribution in [1.29, 1.82) is 0 Å². The van der Waals surface area contributed by atoms with Gasteiger partial charge in [-0.2, -0.15) is 0 Å². The molecule has 2 rings (SSSR count). The van der Waals surface area contributed by atoms with Crippen molar-refractivity contribution in [1.82, 2.24) is 0 Å². The van der Waals surface area contributed by atoms with E-state index in [0.717, 1.165) is 4.47 Å². The number of carbonyl (C=O) groups excluding carboxylic acids is 1. The summed E-state index contributed by atoms with van der Waals surface area (Å²) < 4.78 is 1.47. The van der Waals surface area contributed by atoms with Crippen LogP contribution in [0, 0.1) is 0 Å². The quantitative estimate of drug-likeness (QED) is 0.752. The molecule has 0 spiro atoms. The lowest BCUT2D eigenvalue weighted by molar-refractivity contribution is 0.102. The Labute approximate surface area is 131 Å². The van der Waals surface area contributed by atoms with Gasteiger partial charge in [-0.05, 0) is 46.3 Å². The summed E-state index contributed by atoms with van der Waals surface area (Å²) in [5.41, 5.74) is 0.790. The van der Waals surface area contributed by atoms with Gasteiger partial charge in [0.15, 0.2) is 0 Å². The average molecular weight is 405 g/mol. The van der Waals surface area contributed by atoms with Crippen molar-refractivity contribution in [3.05, 3.63) is 55.9 Å². The maximum atomic E-state index is 12.0. The predicted molar refractivity (Wildman–Crippen MR) is 82.9 cm³/mol. The lowest BCUT2D eigenvalue weighted by Gasteiger charge is -2.08. The molecule has 2 N–H and O–H groups in total. The lowest BCUT2D eigenvalue weighted by atomic mass is 10.2. The van der Waals surface area contributed by atoms with Gasteiger partial charge >= 0.3 is 0 Å². The number of anilines is 1. The van der Waals surface area contributed by atoms with Crippen LogP contribution in [0.3, 0.4) is 0 Å². The van der Waals surface area contributed by atoms with E-state index in [2.05, 4.69) is 37.2 Å². The molecule has 0 aromatic heterocycles. The molecule has 6 heteroatoms. The zero-order valence-corrected chi connectivity index (χ0v) is 13.4. The molecule has 0 heterocycles. The highest BCUT2D eigenvalue weighted by Crippen LogP contribution is 2.30. The standard InChI is InChI=1S/C13H8Br2ClNO2/c14-7-1-3-8(4-2-7)17-13(19)9-5-10(15)11(16)6-12(9)18/h1-6,18H,(H,17,19). The van der Waals surface area contributed by atoms with E-state index in [0.29, 0.717) is 15.2 Å². The fraction of sp³-hybridized carbons (Fsp3) is 0. The second-order valence-corrected chi connectivity index (χ2v) is 5.92. The van der Waals surface area contributed by atoms with Crippen molar-refractivity contribution >= 4 is 55.1 Å². The van der Waals surface area contributed by atoms with E-state index >= 15 is 0 Å². The number of halogens is 3. The zero-order valence-electron chi connectivity index (χ0n) is 9.45. The predicted octanol–water partition coefficient (Wildman–Crippen LogP) is 4.82. The highest BCUT2D eigenvalue weighted by molar-refractivity contribution is 9.10. The molecule has 0 saturated carbocycles. The third-order valence-corrected chi connectivity index (χ3v) is 4.11. The normalized spacial score (nSPS) is 10.3. The van der Waals surface area contributed by atoms with Gasteiger partial charge in [-0.25, -0.2) is 0 Å². The van der Waals surface area contributed by atoms with Crippen molar-refractivity contribution in [3.63, 3.8) is 0 Å². The van der Waals surface area contributed by atoms with E-state index in [-0.39, 0.29) is 11.3 Å². The molecule has 0 saturated heterocycles. The molecule has 0 atom stereocenters. The van der Waals surface area contributed by atoms with Crippen LogP contribution in [0.4, 0.5) is 5.69 Å². The minimum atomic E-state index is -0.405. The fourth-order valence-electron chi connectivity index (χ4n) is 1.45. The molecule has 0 radical (unpaired) electrons. The van der Waals surface area contributed by atoms with Gasteiger partial charge in [0.1, 0.15) is 5.75 Å². The summed E-state index contributed by atoms with van der Waals surface area (Å²) in [6, 6.07) is 9.93. The van der Waals surface area contributed by atoms with Gasteiger partial charge in [-0.1, -0.05) is 27.5 Å². The van der Waals surface area contributed by atoms with Gasteiger partial charge in [-0.15, -0.1) is 0 Å². The van der Waals surface area contributed by atoms with Crippen molar-refractivity contribution in [3.8, 4) is 5.75 Å². The molecule has 3 nitrogen and oxygen atoms in total. The second-order valence-electron chi connectivity index (χ2n) is 3.74. The Hall–Kier alpha value is -1.04. The minimum absolute atomic E-state index is 0.152. The van der Waals surface area contributed by atoms with Crippen LogP contribution in [0.2, 0.25) is 5.02 Å². The molecule has 19 heavy (non-hydrogen) atoms. The molecule has 0 unspecified atom stereocenters. The first-order valence-electron chi connectivity index (χ1n) is 5.22. The number of amides is 1. The molecule has 98 valence electrons. The summed E-state index contributed by atoms with van der Waals surface area (Å²) in [6.07, 6.45) is 0. The van der Waals surface area contributed by atoms with Gasteiger partial charge in [-0.3, -0.25) is 4.79 Å². The number of rotatable bonds is 2. The Morgan fingerprint density at radius 1 is 1.16 bits per heavy atom. The number of phenols is 1. The maximum absolute atomic E-state index is 12.0. The highest BCUT2D eigenvalue weighted by Gasteiger charge is 2.14. The molecular weight excluding hydrogens is 397 g/mol. The largest absolute Gasteiger partial charge is 0.507 e. The first kappa shape index (κ1) is 14.4. The topological polar surface area (TPSA) is 49.3 Å². The van der Waals surface area contributed by atoms with E-state index in [4.69, 9.17) is 11.6 Å². The summed E-state index contributed by atoms with van der Waals surface area (Å²) in [7, 11) is 0. The molecule has 0 aliphatic rings. The molecule has 0 aliphatic carbocycles. The first-order chi connectivity index (χ1) is 8.97. The fourth-order valence-corrected chi connectivity index (χ4v) is 2.22. The number of benzene rings is 2. The SMILES string of the molecule is O=C(Nc1ccc(Br)cc1)c1cc(Br)c(Cl)cc1O. The van der Waals surface area contributed by atoms with Gasteiger partial charge in [0.2, 0.25) is 0 Å². The Kier molecular flexibility index (Phi) is 4.50. The molecule has 0 fully saturated rings. The van der Waals surface area contributed by atoms with Crippen LogP contribution in [0.25, 0.3) is 0 Å². The van der Waals surface area contributed by atoms with E-state index < -0.39 is 5.91 Å². The zero-order chi connectivity index (χ0) is 14.0. The summed E-state index contributed by atoms with van der Waals surface area (Å²) in [4.78, 5) is 12.0. The Bertz CT molecular complexity index is 629. The van der Waals surface area contributed by atoms with Crippen molar-refractivity contribution < 1.29 is 9.90 Å². The van der Waals surface area contributed by atoms with Crippen LogP contribution in [-0.2, 0) is 0 Å². The monoisotopic (exact) mass is 403 g/mol. The number of nitrogens with one attached hydrogen (secondary N) is 1. The first-order valence-corrected chi connectivity index (χ1v) is 7.18. The summed E-state index contributed by atoms with van der Waals surface area (Å²) in [5.74, 6) is -0.569. The van der Waals surface area contributed by atoms with Crippen molar-refractivity contribution in [2.24, 2.45) is 0 Å². The van der Waals surface area contributed by atoms with E-state index in [9.17, 15) is 9.90 Å². The van der Waals surface area contributed by atoms with E-state index in [1.807, 2.05) is 12.1 Å². The van der Waals surface area contributed by atoms with Crippen LogP contribution < -0.4 is 5.32 Å². The Balaban J connectivity index is 2.25. The van der Waals surface area contributed by atoms with Crippen LogP contribution in [0.15, 0.2) is 45.3 Å². The van der Waals surface area contributed by atoms with Crippen molar-refractivity contribution in [2.45, 2.75) is 0 Å². The molecule has 1 amide bonds. The van der Waals surface area contributed by atoms with Crippen molar-refractivity contribution in [2.75, 3.05) is 5.32 Å². The van der Waals surface area contributed by atoms with Crippen LogP contribution in [-0.4, -0.2) is 11.0 Å². The number of aromatic hydroxyl groups is 1. The van der Waals surface area contributed by atoms with E-state index in [1.54, 1.807) is 12.1 Å². The molecular formula is C13H8Br2ClNO2. The van der Waals surface area contributed by atoms with Crippen LogP contribution in [0.1, 0.15) is 10.4 Å². The van der Waals surface area contributed by atoms with E-state index in [1.165, 1.54) is 12.1 Å². The Morgan fingerprint density at radius 3 is 2.42 bits per heavy atom. The molecule has 0 aliphatic heterocycles. The summed E-state index contributed by atoms with van der Waals surface area (Å²) in [5, 5.41) is 12.8. The highest BCUT2D eigenvalue weighted by atomic mass is 79.9. The summed E-state index contributed by atoms with van der Waals surface area (Å²) >= 11 is 12.4.